The summed E-state index contributed by atoms with van der Waals surface area (Å²) in [5, 5.41) is 0.495. The van der Waals surface area contributed by atoms with Crippen LogP contribution in [0.15, 0.2) is 42.5 Å². The number of amides is 1. The lowest BCUT2D eigenvalue weighted by atomic mass is 10.1. The first kappa shape index (κ1) is 25.4. The SMILES string of the molecule is Cc1ccc2nc(N(CCCN3CCOCC3)C(=O)c3cccc(C(F)(F)F)c3)sc2c1.Cl. The van der Waals surface area contributed by atoms with Gasteiger partial charge in [0, 0.05) is 31.7 Å². The van der Waals surface area contributed by atoms with Crippen LogP contribution in [0.1, 0.15) is 27.9 Å². The molecule has 1 fully saturated rings. The second-order valence-electron chi connectivity index (χ2n) is 7.81. The minimum atomic E-state index is -4.51. The fourth-order valence-corrected chi connectivity index (χ4v) is 4.77. The first-order chi connectivity index (χ1) is 15.3. The van der Waals surface area contributed by atoms with Crippen LogP contribution in [-0.2, 0) is 10.9 Å². The molecule has 1 aliphatic heterocycles. The van der Waals surface area contributed by atoms with E-state index in [0.29, 0.717) is 31.3 Å². The van der Waals surface area contributed by atoms with Crippen LogP contribution in [0.2, 0.25) is 0 Å². The minimum absolute atomic E-state index is 0. The van der Waals surface area contributed by atoms with E-state index in [4.69, 9.17) is 4.74 Å². The molecule has 4 rings (SSSR count). The van der Waals surface area contributed by atoms with Gasteiger partial charge in [-0.25, -0.2) is 4.98 Å². The molecule has 0 atom stereocenters. The predicted octanol–water partition coefficient (Wildman–Crippen LogP) is 5.41. The van der Waals surface area contributed by atoms with E-state index < -0.39 is 17.6 Å². The highest BCUT2D eigenvalue weighted by Crippen LogP contribution is 2.32. The van der Waals surface area contributed by atoms with Gasteiger partial charge < -0.3 is 4.74 Å². The van der Waals surface area contributed by atoms with E-state index >= 15 is 0 Å². The van der Waals surface area contributed by atoms with Crippen LogP contribution < -0.4 is 4.90 Å². The number of halogens is 4. The lowest BCUT2D eigenvalue weighted by Gasteiger charge is -2.27. The summed E-state index contributed by atoms with van der Waals surface area (Å²) in [5.74, 6) is -0.478. The van der Waals surface area contributed by atoms with Gasteiger partial charge in [0.1, 0.15) is 0 Å². The van der Waals surface area contributed by atoms with Crippen molar-refractivity contribution < 1.29 is 22.7 Å². The summed E-state index contributed by atoms with van der Waals surface area (Å²) in [6.07, 6.45) is -3.83. The maximum absolute atomic E-state index is 13.3. The number of hydrogen-bond acceptors (Lipinski definition) is 5. The van der Waals surface area contributed by atoms with Crippen LogP contribution >= 0.6 is 23.7 Å². The quantitative estimate of drug-likeness (QED) is 0.454. The Labute approximate surface area is 200 Å². The second kappa shape index (κ2) is 10.8. The zero-order valence-corrected chi connectivity index (χ0v) is 19.7. The molecule has 1 saturated heterocycles. The van der Waals surface area contributed by atoms with Gasteiger partial charge in [0.15, 0.2) is 5.13 Å². The van der Waals surface area contributed by atoms with Gasteiger partial charge in [-0.3, -0.25) is 14.6 Å². The monoisotopic (exact) mass is 499 g/mol. The highest BCUT2D eigenvalue weighted by atomic mass is 35.5. The van der Waals surface area contributed by atoms with Crippen LogP contribution in [0.3, 0.4) is 0 Å². The zero-order chi connectivity index (χ0) is 22.7. The molecule has 178 valence electrons. The van der Waals surface area contributed by atoms with Gasteiger partial charge in [0.25, 0.3) is 5.91 Å². The predicted molar refractivity (Wildman–Crippen MR) is 127 cm³/mol. The number of aryl methyl sites for hydroxylation is 1. The molecule has 10 heteroatoms. The first-order valence-electron chi connectivity index (χ1n) is 10.5. The van der Waals surface area contributed by atoms with Gasteiger partial charge in [-0.15, -0.1) is 12.4 Å². The number of alkyl halides is 3. The molecule has 0 N–H and O–H groups in total. The van der Waals surface area contributed by atoms with Crippen molar-refractivity contribution in [3.63, 3.8) is 0 Å². The first-order valence-corrected chi connectivity index (χ1v) is 11.3. The molecule has 1 aliphatic rings. The molecule has 1 aromatic heterocycles. The molecular weight excluding hydrogens is 475 g/mol. The van der Waals surface area contributed by atoms with Gasteiger partial charge in [-0.2, -0.15) is 13.2 Å². The summed E-state index contributed by atoms with van der Waals surface area (Å²) >= 11 is 1.38. The Kier molecular flexibility index (Phi) is 8.33. The summed E-state index contributed by atoms with van der Waals surface area (Å²) < 4.78 is 45.9. The number of carbonyl (C=O) groups is 1. The van der Waals surface area contributed by atoms with Crippen molar-refractivity contribution in [2.24, 2.45) is 0 Å². The molecule has 1 amide bonds. The van der Waals surface area contributed by atoms with Gasteiger partial charge >= 0.3 is 6.18 Å². The number of nitrogens with zero attached hydrogens (tertiary/aromatic N) is 3. The number of hydrogen-bond donors (Lipinski definition) is 0. The summed E-state index contributed by atoms with van der Waals surface area (Å²) in [4.78, 5) is 21.7. The molecule has 2 aromatic carbocycles. The van der Waals surface area contributed by atoms with Crippen molar-refractivity contribution in [2.45, 2.75) is 19.5 Å². The maximum atomic E-state index is 13.3. The Balaban J connectivity index is 0.00000306. The number of benzene rings is 2. The number of anilines is 1. The molecule has 0 bridgehead atoms. The van der Waals surface area contributed by atoms with Gasteiger partial charge in [-0.1, -0.05) is 23.5 Å². The molecule has 33 heavy (non-hydrogen) atoms. The van der Waals surface area contributed by atoms with E-state index in [2.05, 4.69) is 9.88 Å². The zero-order valence-electron chi connectivity index (χ0n) is 18.1. The Morgan fingerprint density at radius 1 is 1.18 bits per heavy atom. The average Bonchev–Trinajstić information content (AvgIpc) is 3.19. The molecule has 0 saturated carbocycles. The third kappa shape index (κ3) is 6.23. The Morgan fingerprint density at radius 3 is 2.67 bits per heavy atom. The van der Waals surface area contributed by atoms with Crippen LogP contribution in [0.25, 0.3) is 10.2 Å². The van der Waals surface area contributed by atoms with Crippen molar-refractivity contribution in [1.29, 1.82) is 0 Å². The highest BCUT2D eigenvalue weighted by molar-refractivity contribution is 7.22. The van der Waals surface area contributed by atoms with Crippen molar-refractivity contribution in [2.75, 3.05) is 44.3 Å². The fourth-order valence-electron chi connectivity index (χ4n) is 3.68. The van der Waals surface area contributed by atoms with E-state index in [-0.39, 0.29) is 18.0 Å². The number of rotatable bonds is 6. The maximum Gasteiger partial charge on any atom is 0.416 e. The van der Waals surface area contributed by atoms with Gasteiger partial charge in [-0.05, 0) is 49.2 Å². The molecule has 0 radical (unpaired) electrons. The standard InChI is InChI=1S/C23H24F3N3O2S.ClH/c1-16-6-7-19-20(14-16)32-22(27-19)29(9-3-8-28-10-12-31-13-11-28)21(30)17-4-2-5-18(15-17)23(24,25)26;/h2,4-7,14-15H,3,8-13H2,1H3;1H. The minimum Gasteiger partial charge on any atom is -0.379 e. The fraction of sp³-hybridized carbons (Fsp3) is 0.391. The Hall–Kier alpha value is -2.20. The van der Waals surface area contributed by atoms with E-state index in [1.54, 1.807) is 0 Å². The summed E-state index contributed by atoms with van der Waals surface area (Å²) in [7, 11) is 0. The molecule has 0 aliphatic carbocycles. The van der Waals surface area contributed by atoms with Crippen LogP contribution in [0.4, 0.5) is 18.3 Å². The van der Waals surface area contributed by atoms with E-state index in [1.807, 2.05) is 25.1 Å². The second-order valence-corrected chi connectivity index (χ2v) is 8.82. The number of morpholine rings is 1. The molecule has 0 unspecified atom stereocenters. The molecule has 5 nitrogen and oxygen atoms in total. The van der Waals surface area contributed by atoms with Crippen LogP contribution in [-0.4, -0.2) is 55.2 Å². The summed E-state index contributed by atoms with van der Waals surface area (Å²) in [6.45, 7) is 6.16. The summed E-state index contributed by atoms with van der Waals surface area (Å²) in [5.41, 5.74) is 1.01. The normalized spacial score (nSPS) is 14.8. The highest BCUT2D eigenvalue weighted by Gasteiger charge is 2.32. The molecule has 3 aromatic rings. The lowest BCUT2D eigenvalue weighted by Crippen LogP contribution is -2.39. The van der Waals surface area contributed by atoms with Crippen LogP contribution in [0, 0.1) is 6.92 Å². The number of thiazole rings is 1. The average molecular weight is 500 g/mol. The van der Waals surface area contributed by atoms with E-state index in [0.717, 1.165) is 47.5 Å². The number of aromatic nitrogens is 1. The number of ether oxygens (including phenoxy) is 1. The smallest absolute Gasteiger partial charge is 0.379 e. The topological polar surface area (TPSA) is 45.7 Å². The Morgan fingerprint density at radius 2 is 1.94 bits per heavy atom. The van der Waals surface area contributed by atoms with Gasteiger partial charge in [0.2, 0.25) is 0 Å². The molecular formula is C23H25ClF3N3O2S. The largest absolute Gasteiger partial charge is 0.416 e. The summed E-state index contributed by atoms with van der Waals surface area (Å²) in [6, 6.07) is 10.4. The molecule has 0 spiro atoms. The third-order valence-electron chi connectivity index (χ3n) is 5.41. The van der Waals surface area contributed by atoms with Crippen molar-refractivity contribution in [3.05, 3.63) is 59.2 Å². The number of carbonyl (C=O) groups excluding carboxylic acids is 1. The van der Waals surface area contributed by atoms with Crippen molar-refractivity contribution in [3.8, 4) is 0 Å². The molecule has 2 heterocycles. The van der Waals surface area contributed by atoms with E-state index in [1.165, 1.54) is 28.4 Å². The van der Waals surface area contributed by atoms with Crippen molar-refractivity contribution >= 4 is 45.0 Å². The lowest BCUT2D eigenvalue weighted by molar-refractivity contribution is -0.137. The van der Waals surface area contributed by atoms with Gasteiger partial charge in [0.05, 0.1) is 29.0 Å². The number of fused-ring (bicyclic) bond motifs is 1. The Bertz CT molecular complexity index is 1100. The van der Waals surface area contributed by atoms with Crippen LogP contribution in [0.5, 0.6) is 0 Å². The third-order valence-corrected chi connectivity index (χ3v) is 6.45. The van der Waals surface area contributed by atoms with E-state index in [9.17, 15) is 18.0 Å². The van der Waals surface area contributed by atoms with Crippen molar-refractivity contribution in [1.82, 2.24) is 9.88 Å².